The van der Waals surface area contributed by atoms with Gasteiger partial charge in [-0.25, -0.2) is 8.78 Å². The Kier molecular flexibility index (Phi) is 4.32. The van der Waals surface area contributed by atoms with Gasteiger partial charge in [0, 0.05) is 4.47 Å². The molecule has 1 N–H and O–H groups in total. The molecule has 1 unspecified atom stereocenters. The van der Waals surface area contributed by atoms with E-state index in [-0.39, 0.29) is 17.7 Å². The molecule has 0 saturated carbocycles. The average Bonchev–Trinajstić information content (AvgIpc) is 2.38. The monoisotopic (exact) mass is 325 g/mol. The predicted octanol–water partition coefficient (Wildman–Crippen LogP) is 4.34. The fourth-order valence-electron chi connectivity index (χ4n) is 2.03. The molecule has 0 aromatic heterocycles. The molecule has 1 nitrogen and oxygen atoms in total. The van der Waals surface area contributed by atoms with E-state index in [0.717, 1.165) is 15.6 Å². The van der Waals surface area contributed by atoms with Crippen molar-refractivity contribution in [3.8, 4) is 0 Å². The number of rotatable bonds is 3. The van der Waals surface area contributed by atoms with Crippen molar-refractivity contribution in [2.45, 2.75) is 13.0 Å². The first-order chi connectivity index (χ1) is 9.02. The molecule has 2 aromatic carbocycles. The minimum absolute atomic E-state index is 0.259. The summed E-state index contributed by atoms with van der Waals surface area (Å²) in [6, 6.07) is 9.27. The molecule has 0 bridgehead atoms. The Balaban J connectivity index is 2.49. The number of nitrogens with one attached hydrogen (secondary N) is 1. The van der Waals surface area contributed by atoms with Crippen molar-refractivity contribution in [2.24, 2.45) is 0 Å². The summed E-state index contributed by atoms with van der Waals surface area (Å²) in [5.41, 5.74) is 2.10. The zero-order valence-corrected chi connectivity index (χ0v) is 12.3. The molecule has 19 heavy (non-hydrogen) atoms. The summed E-state index contributed by atoms with van der Waals surface area (Å²) in [6.07, 6.45) is 0. The number of aryl methyl sites for hydroxylation is 1. The van der Waals surface area contributed by atoms with Gasteiger partial charge in [-0.3, -0.25) is 0 Å². The molecule has 2 rings (SSSR count). The predicted molar refractivity (Wildman–Crippen MR) is 76.1 cm³/mol. The summed E-state index contributed by atoms with van der Waals surface area (Å²) >= 11 is 3.40. The molecule has 0 spiro atoms. The van der Waals surface area contributed by atoms with Crippen molar-refractivity contribution in [2.75, 3.05) is 7.05 Å². The second kappa shape index (κ2) is 5.80. The van der Waals surface area contributed by atoms with Crippen LogP contribution in [-0.2, 0) is 0 Å². The van der Waals surface area contributed by atoms with Crippen LogP contribution < -0.4 is 5.32 Å². The molecule has 0 radical (unpaired) electrons. The van der Waals surface area contributed by atoms with Crippen LogP contribution in [0.3, 0.4) is 0 Å². The quantitative estimate of drug-likeness (QED) is 0.884. The van der Waals surface area contributed by atoms with E-state index in [0.29, 0.717) is 5.56 Å². The molecular formula is C15H14BrF2N. The van der Waals surface area contributed by atoms with E-state index in [1.807, 2.05) is 6.07 Å². The fraction of sp³-hybridized carbons (Fsp3) is 0.200. The van der Waals surface area contributed by atoms with Crippen molar-refractivity contribution in [3.05, 3.63) is 69.2 Å². The Hall–Kier alpha value is -1.26. The lowest BCUT2D eigenvalue weighted by atomic mass is 9.97. The lowest BCUT2D eigenvalue weighted by Crippen LogP contribution is -2.18. The van der Waals surface area contributed by atoms with Gasteiger partial charge >= 0.3 is 0 Å². The van der Waals surface area contributed by atoms with Gasteiger partial charge in [-0.15, -0.1) is 0 Å². The summed E-state index contributed by atoms with van der Waals surface area (Å²) in [4.78, 5) is 0. The van der Waals surface area contributed by atoms with Gasteiger partial charge in [0.2, 0.25) is 0 Å². The number of halogens is 3. The maximum atomic E-state index is 13.7. The van der Waals surface area contributed by atoms with E-state index in [1.54, 1.807) is 26.1 Å². The van der Waals surface area contributed by atoms with Crippen LogP contribution in [-0.4, -0.2) is 7.05 Å². The average molecular weight is 326 g/mol. The molecule has 0 fully saturated rings. The van der Waals surface area contributed by atoms with Crippen LogP contribution in [0.1, 0.15) is 22.7 Å². The van der Waals surface area contributed by atoms with E-state index in [9.17, 15) is 8.78 Å². The highest BCUT2D eigenvalue weighted by molar-refractivity contribution is 9.10. The van der Waals surface area contributed by atoms with Crippen molar-refractivity contribution in [1.29, 1.82) is 0 Å². The van der Waals surface area contributed by atoms with Gasteiger partial charge < -0.3 is 5.32 Å². The summed E-state index contributed by atoms with van der Waals surface area (Å²) in [7, 11) is 1.76. The van der Waals surface area contributed by atoms with Gasteiger partial charge in [0.05, 0.1) is 6.04 Å². The van der Waals surface area contributed by atoms with Gasteiger partial charge in [0.1, 0.15) is 11.6 Å². The van der Waals surface area contributed by atoms with E-state index in [1.165, 1.54) is 18.2 Å². The van der Waals surface area contributed by atoms with Crippen LogP contribution in [0.25, 0.3) is 0 Å². The molecule has 0 amide bonds. The molecule has 1 atom stereocenters. The summed E-state index contributed by atoms with van der Waals surface area (Å²) < 4.78 is 27.8. The van der Waals surface area contributed by atoms with E-state index in [2.05, 4.69) is 21.2 Å². The maximum absolute atomic E-state index is 13.7. The highest BCUT2D eigenvalue weighted by atomic mass is 79.9. The van der Waals surface area contributed by atoms with Crippen molar-refractivity contribution in [3.63, 3.8) is 0 Å². The molecule has 0 saturated heterocycles. The van der Waals surface area contributed by atoms with Crippen molar-refractivity contribution in [1.82, 2.24) is 5.32 Å². The van der Waals surface area contributed by atoms with Crippen LogP contribution >= 0.6 is 15.9 Å². The van der Waals surface area contributed by atoms with E-state index in [4.69, 9.17) is 0 Å². The first-order valence-electron chi connectivity index (χ1n) is 5.91. The number of hydrogen-bond donors (Lipinski definition) is 1. The maximum Gasteiger partial charge on any atom is 0.126 e. The SMILES string of the molecule is CNC(c1ccc(C)c(F)c1)c1cc(F)ccc1Br. The standard InChI is InChI=1S/C15H14BrF2N/c1-9-3-4-10(7-14(9)18)15(19-2)12-8-11(17)5-6-13(12)16/h3-8,15,19H,1-2H3. The zero-order valence-electron chi connectivity index (χ0n) is 10.7. The Morgan fingerprint density at radius 1 is 1.11 bits per heavy atom. The Bertz CT molecular complexity index is 599. The highest BCUT2D eigenvalue weighted by Gasteiger charge is 2.16. The Morgan fingerprint density at radius 2 is 1.84 bits per heavy atom. The molecular weight excluding hydrogens is 312 g/mol. The molecule has 2 aromatic rings. The third-order valence-electron chi connectivity index (χ3n) is 3.09. The first kappa shape index (κ1) is 14.2. The minimum atomic E-state index is -0.314. The van der Waals surface area contributed by atoms with Gasteiger partial charge in [-0.1, -0.05) is 28.1 Å². The summed E-state index contributed by atoms with van der Waals surface area (Å²) in [6.45, 7) is 1.71. The third kappa shape index (κ3) is 3.01. The lowest BCUT2D eigenvalue weighted by Gasteiger charge is -2.19. The van der Waals surface area contributed by atoms with Gasteiger partial charge in [0.25, 0.3) is 0 Å². The molecule has 4 heteroatoms. The van der Waals surface area contributed by atoms with Gasteiger partial charge in [-0.05, 0) is 54.9 Å². The normalized spacial score (nSPS) is 12.5. The Morgan fingerprint density at radius 3 is 2.47 bits per heavy atom. The Labute approximate surface area is 119 Å². The molecule has 0 heterocycles. The van der Waals surface area contributed by atoms with Crippen LogP contribution in [0.4, 0.5) is 8.78 Å². The van der Waals surface area contributed by atoms with Crippen LogP contribution in [0.15, 0.2) is 40.9 Å². The highest BCUT2D eigenvalue weighted by Crippen LogP contribution is 2.29. The molecule has 100 valence electrons. The second-order valence-corrected chi connectivity index (χ2v) is 5.25. The second-order valence-electron chi connectivity index (χ2n) is 4.40. The summed E-state index contributed by atoms with van der Waals surface area (Å²) in [5, 5.41) is 3.09. The van der Waals surface area contributed by atoms with E-state index < -0.39 is 0 Å². The third-order valence-corrected chi connectivity index (χ3v) is 3.81. The largest absolute Gasteiger partial charge is 0.309 e. The molecule has 0 aliphatic heterocycles. The summed E-state index contributed by atoms with van der Waals surface area (Å²) in [5.74, 6) is -0.573. The zero-order chi connectivity index (χ0) is 14.0. The van der Waals surface area contributed by atoms with Crippen LogP contribution in [0, 0.1) is 18.6 Å². The topological polar surface area (TPSA) is 12.0 Å². The molecule has 0 aliphatic rings. The van der Waals surface area contributed by atoms with Gasteiger partial charge in [-0.2, -0.15) is 0 Å². The van der Waals surface area contributed by atoms with Crippen LogP contribution in [0.5, 0.6) is 0 Å². The number of benzene rings is 2. The van der Waals surface area contributed by atoms with Crippen molar-refractivity contribution >= 4 is 15.9 Å². The first-order valence-corrected chi connectivity index (χ1v) is 6.70. The van der Waals surface area contributed by atoms with Gasteiger partial charge in [0.15, 0.2) is 0 Å². The molecule has 0 aliphatic carbocycles. The fourth-order valence-corrected chi connectivity index (χ4v) is 2.50. The van der Waals surface area contributed by atoms with E-state index >= 15 is 0 Å². The number of hydrogen-bond acceptors (Lipinski definition) is 1. The van der Waals surface area contributed by atoms with Crippen molar-refractivity contribution < 1.29 is 8.78 Å². The van der Waals surface area contributed by atoms with Crippen LogP contribution in [0.2, 0.25) is 0 Å². The lowest BCUT2D eigenvalue weighted by molar-refractivity contribution is 0.602. The smallest absolute Gasteiger partial charge is 0.126 e. The minimum Gasteiger partial charge on any atom is -0.309 e.